The van der Waals surface area contributed by atoms with Crippen LogP contribution in [0.15, 0.2) is 36.5 Å². The summed E-state index contributed by atoms with van der Waals surface area (Å²) >= 11 is 0. The number of rotatable bonds is 6. The van der Waals surface area contributed by atoms with Crippen molar-refractivity contribution in [3.8, 4) is 0 Å². The van der Waals surface area contributed by atoms with E-state index in [0.29, 0.717) is 28.8 Å². The van der Waals surface area contributed by atoms with Gasteiger partial charge in [0.15, 0.2) is 0 Å². The molecule has 0 saturated carbocycles. The van der Waals surface area contributed by atoms with Gasteiger partial charge in [-0.3, -0.25) is 4.79 Å². The number of aromatic amines is 1. The second-order valence-corrected chi connectivity index (χ2v) is 8.85. The number of carbonyl (C=O) groups is 2. The first-order chi connectivity index (χ1) is 16.9. The third kappa shape index (κ3) is 9.85. The van der Waals surface area contributed by atoms with Crippen molar-refractivity contribution in [1.82, 2.24) is 20.3 Å². The van der Waals surface area contributed by atoms with E-state index in [1.54, 1.807) is 36.5 Å². The molecule has 5 N–H and O–H groups in total. The van der Waals surface area contributed by atoms with Gasteiger partial charge < -0.3 is 26.0 Å². The highest BCUT2D eigenvalue weighted by Crippen LogP contribution is 2.25. The molecular weight excluding hydrogens is 510 g/mol. The topological polar surface area (TPSA) is 132 Å². The van der Waals surface area contributed by atoms with Crippen LogP contribution in [0.5, 0.6) is 0 Å². The van der Waals surface area contributed by atoms with Crippen LogP contribution in [0.1, 0.15) is 31.1 Å². The van der Waals surface area contributed by atoms with Crippen LogP contribution >= 0.6 is 0 Å². The van der Waals surface area contributed by atoms with Crippen molar-refractivity contribution in [2.75, 3.05) is 23.7 Å². The molecule has 0 spiro atoms. The molecule has 0 aliphatic heterocycles. The van der Waals surface area contributed by atoms with Gasteiger partial charge in [-0.2, -0.15) is 36.3 Å². The zero-order chi connectivity index (χ0) is 28.0. The zero-order valence-corrected chi connectivity index (χ0v) is 19.8. The lowest BCUT2D eigenvalue weighted by atomic mass is 9.97. The minimum atomic E-state index is -5.08. The molecule has 2 aromatic heterocycles. The van der Waals surface area contributed by atoms with E-state index >= 15 is 0 Å². The van der Waals surface area contributed by atoms with Gasteiger partial charge in [-0.15, -0.1) is 0 Å². The van der Waals surface area contributed by atoms with Crippen LogP contribution in [0.3, 0.4) is 0 Å². The molecule has 0 fully saturated rings. The summed E-state index contributed by atoms with van der Waals surface area (Å²) < 4.78 is 69.5. The summed E-state index contributed by atoms with van der Waals surface area (Å²) in [6.45, 7) is 5.42. The molecule has 15 heteroatoms. The minimum absolute atomic E-state index is 0.0250. The highest BCUT2D eigenvalue weighted by molar-refractivity contribution is 5.94. The van der Waals surface area contributed by atoms with Gasteiger partial charge in [0.05, 0.1) is 5.39 Å². The van der Waals surface area contributed by atoms with E-state index in [9.17, 15) is 31.1 Å². The number of benzene rings is 1. The smallest absolute Gasteiger partial charge is 0.475 e. The largest absolute Gasteiger partial charge is 0.490 e. The average Bonchev–Trinajstić information content (AvgIpc) is 3.24. The van der Waals surface area contributed by atoms with Gasteiger partial charge in [-0.25, -0.2) is 4.79 Å². The highest BCUT2D eigenvalue weighted by atomic mass is 19.4. The number of hydrogen-bond acceptors (Lipinski definition) is 6. The third-order valence-electron chi connectivity index (χ3n) is 4.30. The lowest BCUT2D eigenvalue weighted by Crippen LogP contribution is -2.32. The predicted octanol–water partition coefficient (Wildman–Crippen LogP) is 5.08. The zero-order valence-electron chi connectivity index (χ0n) is 19.8. The first-order valence-electron chi connectivity index (χ1n) is 10.6. The van der Waals surface area contributed by atoms with Gasteiger partial charge in [0.1, 0.15) is 18.0 Å². The summed E-state index contributed by atoms with van der Waals surface area (Å²) in [5, 5.41) is 15.7. The number of fused-ring (bicyclic) bond motifs is 1. The Balaban J connectivity index is 0.000000604. The number of H-pyrrole nitrogens is 1. The van der Waals surface area contributed by atoms with Crippen LogP contribution in [0.25, 0.3) is 11.0 Å². The van der Waals surface area contributed by atoms with Crippen molar-refractivity contribution < 1.29 is 41.0 Å². The maximum Gasteiger partial charge on any atom is 0.490 e. The lowest BCUT2D eigenvalue weighted by Gasteiger charge is -2.18. The molecule has 3 rings (SSSR count). The van der Waals surface area contributed by atoms with Crippen LogP contribution in [0.4, 0.5) is 43.8 Å². The van der Waals surface area contributed by atoms with Gasteiger partial charge in [-0.1, -0.05) is 20.8 Å². The number of halogens is 6. The number of amides is 1. The van der Waals surface area contributed by atoms with Gasteiger partial charge >= 0.3 is 18.3 Å². The van der Waals surface area contributed by atoms with E-state index in [2.05, 4.69) is 30.9 Å². The molecule has 0 radical (unpaired) electrons. The standard InChI is InChI=1S/C20H23F3N6O.C2HF3O2/c1-19(2,3)10-26-17(30)12-4-6-13(7-5-12)27-18-28-15-14(8-9-24-15)16(29-18)25-11-20(21,22)23;3-2(4,5)1(6)7/h4-9H,10-11H2,1-3H3,(H,26,30)(H3,24,25,27,28,29);(H,6,7). The van der Waals surface area contributed by atoms with E-state index in [1.165, 1.54) is 0 Å². The maximum atomic E-state index is 12.6. The molecular formula is C22H24F6N6O3. The van der Waals surface area contributed by atoms with Crippen molar-refractivity contribution in [3.05, 3.63) is 42.1 Å². The van der Waals surface area contributed by atoms with Crippen molar-refractivity contribution in [3.63, 3.8) is 0 Å². The van der Waals surface area contributed by atoms with Crippen molar-refractivity contribution in [2.45, 2.75) is 33.1 Å². The number of hydrogen-bond donors (Lipinski definition) is 5. The molecule has 0 aliphatic carbocycles. The van der Waals surface area contributed by atoms with Crippen molar-refractivity contribution in [1.29, 1.82) is 0 Å². The summed E-state index contributed by atoms with van der Waals surface area (Å²) in [5.74, 6) is -2.74. The Morgan fingerprint density at radius 1 is 0.946 bits per heavy atom. The maximum absolute atomic E-state index is 12.6. The number of carboxylic acid groups (broad SMARTS) is 1. The van der Waals surface area contributed by atoms with E-state index < -0.39 is 24.9 Å². The fourth-order valence-corrected chi connectivity index (χ4v) is 2.60. The molecule has 1 amide bonds. The summed E-state index contributed by atoms with van der Waals surface area (Å²) in [4.78, 5) is 32.4. The SMILES string of the molecule is CC(C)(C)CNC(=O)c1ccc(Nc2nc(NCC(F)(F)F)c3cc[nH]c3n2)cc1.O=C(O)C(F)(F)F. The second kappa shape index (κ2) is 11.3. The normalized spacial score (nSPS) is 11.9. The summed E-state index contributed by atoms with van der Waals surface area (Å²) in [5.41, 5.74) is 1.46. The molecule has 37 heavy (non-hydrogen) atoms. The van der Waals surface area contributed by atoms with E-state index in [0.717, 1.165) is 0 Å². The van der Waals surface area contributed by atoms with Crippen LogP contribution < -0.4 is 16.0 Å². The highest BCUT2D eigenvalue weighted by Gasteiger charge is 2.38. The van der Waals surface area contributed by atoms with Gasteiger partial charge in [0.25, 0.3) is 5.91 Å². The van der Waals surface area contributed by atoms with Crippen molar-refractivity contribution in [2.24, 2.45) is 5.41 Å². The van der Waals surface area contributed by atoms with Gasteiger partial charge in [-0.05, 0) is 35.7 Å². The lowest BCUT2D eigenvalue weighted by molar-refractivity contribution is -0.192. The Morgan fingerprint density at radius 3 is 2.05 bits per heavy atom. The van der Waals surface area contributed by atoms with Crippen LogP contribution in [0, 0.1) is 5.41 Å². The Hall–Kier alpha value is -4.04. The molecule has 0 atom stereocenters. The number of aliphatic carboxylic acids is 1. The second-order valence-electron chi connectivity index (χ2n) is 8.85. The number of anilines is 3. The van der Waals surface area contributed by atoms with Crippen LogP contribution in [-0.2, 0) is 4.79 Å². The Labute approximate surface area is 206 Å². The predicted molar refractivity (Wildman–Crippen MR) is 124 cm³/mol. The van der Waals surface area contributed by atoms with Crippen LogP contribution in [-0.4, -0.2) is 57.4 Å². The summed E-state index contributed by atoms with van der Waals surface area (Å²) in [6, 6.07) is 8.25. The molecule has 2 heterocycles. The first-order valence-corrected chi connectivity index (χ1v) is 10.6. The van der Waals surface area contributed by atoms with E-state index in [4.69, 9.17) is 9.90 Å². The summed E-state index contributed by atoms with van der Waals surface area (Å²) in [6.07, 6.45) is -7.88. The quantitative estimate of drug-likeness (QED) is 0.279. The number of nitrogens with zero attached hydrogens (tertiary/aromatic N) is 2. The minimum Gasteiger partial charge on any atom is -0.475 e. The Kier molecular flexibility index (Phi) is 8.95. The fourth-order valence-electron chi connectivity index (χ4n) is 2.60. The Morgan fingerprint density at radius 2 is 1.54 bits per heavy atom. The summed E-state index contributed by atoms with van der Waals surface area (Å²) in [7, 11) is 0. The van der Waals surface area contributed by atoms with Crippen molar-refractivity contribution >= 4 is 40.4 Å². The molecule has 1 aromatic carbocycles. The third-order valence-corrected chi connectivity index (χ3v) is 4.30. The molecule has 202 valence electrons. The molecule has 0 bridgehead atoms. The number of carboxylic acids is 1. The number of alkyl halides is 6. The molecule has 0 aliphatic rings. The first kappa shape index (κ1) is 29.2. The average molecular weight is 534 g/mol. The van der Waals surface area contributed by atoms with E-state index in [-0.39, 0.29) is 23.1 Å². The van der Waals surface area contributed by atoms with E-state index in [1.807, 2.05) is 20.8 Å². The van der Waals surface area contributed by atoms with Gasteiger partial charge in [0.2, 0.25) is 5.95 Å². The molecule has 0 saturated heterocycles. The Bertz CT molecular complexity index is 1220. The van der Waals surface area contributed by atoms with Crippen LogP contribution in [0.2, 0.25) is 0 Å². The number of aromatic nitrogens is 3. The number of nitrogens with one attached hydrogen (secondary N) is 4. The van der Waals surface area contributed by atoms with Gasteiger partial charge in [0, 0.05) is 24.0 Å². The number of carbonyl (C=O) groups excluding carboxylic acids is 1. The molecule has 3 aromatic rings. The monoisotopic (exact) mass is 534 g/mol. The fraction of sp³-hybridized carbons (Fsp3) is 0.364. The molecule has 9 nitrogen and oxygen atoms in total. The molecule has 0 unspecified atom stereocenters.